The Balaban J connectivity index is 2.10. The summed E-state index contributed by atoms with van der Waals surface area (Å²) in [4.78, 5) is 16.7. The van der Waals surface area contributed by atoms with Gasteiger partial charge in [-0.3, -0.25) is 4.79 Å². The van der Waals surface area contributed by atoms with Crippen molar-refractivity contribution in [2.45, 2.75) is 19.4 Å². The third-order valence-electron chi connectivity index (χ3n) is 2.65. The van der Waals surface area contributed by atoms with Gasteiger partial charge in [0.1, 0.15) is 5.69 Å². The molecule has 0 radical (unpaired) electrons. The zero-order chi connectivity index (χ0) is 11.8. The molecular weight excluding hydrogens is 206 g/mol. The van der Waals surface area contributed by atoms with E-state index in [-0.39, 0.29) is 11.5 Å². The maximum absolute atomic E-state index is 12.1. The monoisotopic (exact) mass is 223 g/mol. The van der Waals surface area contributed by atoms with Crippen molar-refractivity contribution in [2.75, 3.05) is 25.4 Å². The molecule has 0 unspecified atom stereocenters. The van der Waals surface area contributed by atoms with Crippen LogP contribution in [0.1, 0.15) is 24.3 Å². The molecule has 1 aliphatic heterocycles. The van der Waals surface area contributed by atoms with E-state index in [1.807, 2.05) is 13.8 Å². The van der Waals surface area contributed by atoms with E-state index in [1.54, 1.807) is 17.2 Å². The van der Waals surface area contributed by atoms with Crippen LogP contribution in [0.3, 0.4) is 0 Å². The van der Waals surface area contributed by atoms with Crippen molar-refractivity contribution < 1.29 is 9.53 Å². The number of nitrogen functional groups attached to an aromatic ring is 1. The van der Waals surface area contributed by atoms with Gasteiger partial charge in [0.25, 0.3) is 5.91 Å². The van der Waals surface area contributed by atoms with Crippen LogP contribution in [0.25, 0.3) is 0 Å². The molecular formula is C11H17N3O2. The van der Waals surface area contributed by atoms with Crippen molar-refractivity contribution in [3.63, 3.8) is 0 Å². The molecule has 1 fully saturated rings. The van der Waals surface area contributed by atoms with Crippen LogP contribution in [0.5, 0.6) is 0 Å². The van der Waals surface area contributed by atoms with Gasteiger partial charge in [-0.15, -0.1) is 0 Å². The molecule has 1 aliphatic rings. The molecule has 88 valence electrons. The van der Waals surface area contributed by atoms with E-state index < -0.39 is 0 Å². The average Bonchev–Trinajstić information content (AvgIpc) is 2.62. The lowest BCUT2D eigenvalue weighted by Crippen LogP contribution is -2.50. The second kappa shape index (κ2) is 3.83. The van der Waals surface area contributed by atoms with Crippen molar-refractivity contribution in [3.8, 4) is 0 Å². The molecule has 5 heteroatoms. The number of amides is 1. The SMILES string of the molecule is CC1(C)CN(C(=O)c2cc(N)c[nH]2)CCO1. The Morgan fingerprint density at radius 1 is 1.62 bits per heavy atom. The molecule has 2 rings (SSSR count). The standard InChI is InChI=1S/C11H17N3O2/c1-11(2)7-14(3-4-16-11)10(15)9-5-8(12)6-13-9/h5-6,13H,3-4,7,12H2,1-2H3. The van der Waals surface area contributed by atoms with Crippen molar-refractivity contribution in [1.82, 2.24) is 9.88 Å². The smallest absolute Gasteiger partial charge is 0.270 e. The van der Waals surface area contributed by atoms with Crippen LogP contribution >= 0.6 is 0 Å². The number of rotatable bonds is 1. The largest absolute Gasteiger partial charge is 0.397 e. The minimum Gasteiger partial charge on any atom is -0.397 e. The molecule has 2 heterocycles. The van der Waals surface area contributed by atoms with E-state index in [2.05, 4.69) is 4.98 Å². The van der Waals surface area contributed by atoms with Gasteiger partial charge in [0.15, 0.2) is 0 Å². The van der Waals surface area contributed by atoms with E-state index in [9.17, 15) is 4.79 Å². The molecule has 0 bridgehead atoms. The fourth-order valence-corrected chi connectivity index (χ4v) is 1.89. The Hall–Kier alpha value is -1.49. The van der Waals surface area contributed by atoms with E-state index in [1.165, 1.54) is 0 Å². The van der Waals surface area contributed by atoms with Gasteiger partial charge in [0.05, 0.1) is 12.2 Å². The molecule has 0 atom stereocenters. The number of morpholine rings is 1. The Labute approximate surface area is 94.6 Å². The van der Waals surface area contributed by atoms with E-state index in [0.29, 0.717) is 31.1 Å². The summed E-state index contributed by atoms with van der Waals surface area (Å²) in [5.41, 5.74) is 6.42. The summed E-state index contributed by atoms with van der Waals surface area (Å²) in [6.07, 6.45) is 1.62. The number of aromatic amines is 1. The summed E-state index contributed by atoms with van der Waals surface area (Å²) in [7, 11) is 0. The lowest BCUT2D eigenvalue weighted by Gasteiger charge is -2.37. The first-order valence-corrected chi connectivity index (χ1v) is 5.35. The van der Waals surface area contributed by atoms with Gasteiger partial charge < -0.3 is 20.4 Å². The van der Waals surface area contributed by atoms with Gasteiger partial charge in [-0.05, 0) is 19.9 Å². The molecule has 1 aromatic rings. The lowest BCUT2D eigenvalue weighted by molar-refractivity contribution is -0.0764. The summed E-state index contributed by atoms with van der Waals surface area (Å²) in [6, 6.07) is 1.66. The molecule has 16 heavy (non-hydrogen) atoms. The number of aromatic nitrogens is 1. The zero-order valence-electron chi connectivity index (χ0n) is 9.62. The normalized spacial score (nSPS) is 19.8. The number of carbonyl (C=O) groups is 1. The summed E-state index contributed by atoms with van der Waals surface area (Å²) in [5.74, 6) is -0.0203. The molecule has 0 spiro atoms. The molecule has 1 amide bonds. The number of nitrogens with two attached hydrogens (primary N) is 1. The summed E-state index contributed by atoms with van der Waals surface area (Å²) >= 11 is 0. The summed E-state index contributed by atoms with van der Waals surface area (Å²) in [5, 5.41) is 0. The molecule has 0 aromatic carbocycles. The van der Waals surface area contributed by atoms with E-state index in [4.69, 9.17) is 10.5 Å². The van der Waals surface area contributed by atoms with Crippen molar-refractivity contribution in [2.24, 2.45) is 0 Å². The Bertz CT molecular complexity index is 398. The van der Waals surface area contributed by atoms with Crippen molar-refractivity contribution >= 4 is 11.6 Å². The highest BCUT2D eigenvalue weighted by atomic mass is 16.5. The topological polar surface area (TPSA) is 71.3 Å². The minimum absolute atomic E-state index is 0.0203. The molecule has 1 saturated heterocycles. The Morgan fingerprint density at radius 3 is 2.94 bits per heavy atom. The highest BCUT2D eigenvalue weighted by Gasteiger charge is 2.30. The molecule has 0 saturated carbocycles. The van der Waals surface area contributed by atoms with Crippen LogP contribution in [-0.2, 0) is 4.74 Å². The van der Waals surface area contributed by atoms with Crippen LogP contribution in [-0.4, -0.2) is 41.1 Å². The lowest BCUT2D eigenvalue weighted by atomic mass is 10.1. The number of carbonyl (C=O) groups excluding carboxylic acids is 1. The molecule has 3 N–H and O–H groups in total. The highest BCUT2D eigenvalue weighted by Crippen LogP contribution is 2.18. The number of nitrogens with zero attached hydrogens (tertiary/aromatic N) is 1. The fourth-order valence-electron chi connectivity index (χ4n) is 1.89. The van der Waals surface area contributed by atoms with Crippen molar-refractivity contribution in [1.29, 1.82) is 0 Å². The first kappa shape index (κ1) is 11.0. The summed E-state index contributed by atoms with van der Waals surface area (Å²) in [6.45, 7) is 5.77. The van der Waals surface area contributed by atoms with E-state index in [0.717, 1.165) is 0 Å². The first-order chi connectivity index (χ1) is 7.48. The third-order valence-corrected chi connectivity index (χ3v) is 2.65. The number of ether oxygens (including phenoxy) is 1. The van der Waals surface area contributed by atoms with E-state index >= 15 is 0 Å². The van der Waals surface area contributed by atoms with Gasteiger partial charge in [-0.25, -0.2) is 0 Å². The number of anilines is 1. The number of H-pyrrole nitrogens is 1. The van der Waals surface area contributed by atoms with Gasteiger partial charge >= 0.3 is 0 Å². The zero-order valence-corrected chi connectivity index (χ0v) is 9.62. The van der Waals surface area contributed by atoms with Gasteiger partial charge in [-0.1, -0.05) is 0 Å². The maximum Gasteiger partial charge on any atom is 0.270 e. The number of nitrogens with one attached hydrogen (secondary N) is 1. The summed E-state index contributed by atoms with van der Waals surface area (Å²) < 4.78 is 5.56. The quantitative estimate of drug-likeness (QED) is 0.741. The van der Waals surface area contributed by atoms with Gasteiger partial charge in [0, 0.05) is 25.0 Å². The fraction of sp³-hybridized carbons (Fsp3) is 0.545. The van der Waals surface area contributed by atoms with Crippen LogP contribution < -0.4 is 5.73 Å². The Morgan fingerprint density at radius 2 is 2.38 bits per heavy atom. The van der Waals surface area contributed by atoms with Gasteiger partial charge in [0.2, 0.25) is 0 Å². The van der Waals surface area contributed by atoms with Gasteiger partial charge in [-0.2, -0.15) is 0 Å². The predicted molar refractivity (Wildman–Crippen MR) is 61.1 cm³/mol. The van der Waals surface area contributed by atoms with Crippen LogP contribution in [0.2, 0.25) is 0 Å². The van der Waals surface area contributed by atoms with Crippen LogP contribution in [0.15, 0.2) is 12.3 Å². The van der Waals surface area contributed by atoms with Crippen molar-refractivity contribution in [3.05, 3.63) is 18.0 Å². The second-order valence-corrected chi connectivity index (χ2v) is 4.68. The molecule has 0 aliphatic carbocycles. The number of hydrogen-bond donors (Lipinski definition) is 2. The average molecular weight is 223 g/mol. The third kappa shape index (κ3) is 2.19. The molecule has 5 nitrogen and oxygen atoms in total. The first-order valence-electron chi connectivity index (χ1n) is 5.35. The second-order valence-electron chi connectivity index (χ2n) is 4.68. The molecule has 1 aromatic heterocycles. The predicted octanol–water partition coefficient (Wildman–Crippen LogP) is 0.848. The van der Waals surface area contributed by atoms with Crippen LogP contribution in [0, 0.1) is 0 Å². The highest BCUT2D eigenvalue weighted by molar-refractivity contribution is 5.93. The Kier molecular flexibility index (Phi) is 2.63. The minimum atomic E-state index is -0.272. The van der Waals surface area contributed by atoms with Crippen LogP contribution in [0.4, 0.5) is 5.69 Å². The maximum atomic E-state index is 12.1. The number of hydrogen-bond acceptors (Lipinski definition) is 3.